The molecule has 0 aliphatic carbocycles. The third-order valence-corrected chi connectivity index (χ3v) is 5.83. The Morgan fingerprint density at radius 2 is 1.00 bits per heavy atom. The van der Waals surface area contributed by atoms with Gasteiger partial charge in [-0.1, -0.05) is 33.5 Å². The molecule has 2 aromatic carbocycles. The summed E-state index contributed by atoms with van der Waals surface area (Å²) in [6.07, 6.45) is 0. The summed E-state index contributed by atoms with van der Waals surface area (Å²) in [6.45, 7) is 4.78. The number of hydrogen-bond acceptors (Lipinski definition) is 8. The summed E-state index contributed by atoms with van der Waals surface area (Å²) in [5, 5.41) is 9.52. The second-order valence-electron chi connectivity index (χ2n) is 7.59. The molecule has 1 aliphatic heterocycles. The lowest BCUT2D eigenvalue weighted by molar-refractivity contribution is 0.103. The minimum absolute atomic E-state index is 0.572. The molecule has 0 bridgehead atoms. The van der Waals surface area contributed by atoms with E-state index in [1.807, 2.05) is 48.5 Å². The zero-order valence-corrected chi connectivity index (χ0v) is 18.6. The first-order chi connectivity index (χ1) is 15.6. The van der Waals surface area contributed by atoms with Crippen molar-refractivity contribution < 1.29 is 9.05 Å². The molecule has 1 saturated heterocycles. The minimum atomic E-state index is 0.572. The molecule has 0 spiro atoms. The fraction of sp³-hybridized carbons (Fsp3) is 0.273. The average molecular weight is 471 g/mol. The molecule has 2 aromatic heterocycles. The van der Waals surface area contributed by atoms with Gasteiger partial charge in [-0.3, -0.25) is 9.80 Å². The summed E-state index contributed by atoms with van der Waals surface area (Å²) in [5.74, 6) is 2.35. The molecule has 32 heavy (non-hydrogen) atoms. The van der Waals surface area contributed by atoms with E-state index in [9.17, 15) is 0 Å². The largest absolute Gasteiger partial charge is 0.338 e. The van der Waals surface area contributed by atoms with Gasteiger partial charge in [-0.15, -0.1) is 0 Å². The third-order valence-electron chi connectivity index (χ3n) is 5.32. The number of piperazine rings is 1. The summed E-state index contributed by atoms with van der Waals surface area (Å²) in [5.41, 5.74) is 1.76. The maximum absolute atomic E-state index is 5.94. The molecule has 0 saturated carbocycles. The van der Waals surface area contributed by atoms with Crippen LogP contribution in [0, 0.1) is 0 Å². The molecule has 5 rings (SSSR count). The summed E-state index contributed by atoms with van der Waals surface area (Å²) < 4.78 is 10.9. The molecular formula is C22H20Cl2N6O2. The standard InChI is InChI=1S/C22H20Cl2N6O2/c23-17-5-1-15(2-6-17)21-25-19(31-27-21)13-29-9-11-30(12-10-29)14-20-26-22(28-32-20)16-3-7-18(24)8-4-16/h1-8H,9-14H2. The molecule has 0 amide bonds. The fourth-order valence-corrected chi connectivity index (χ4v) is 3.81. The molecule has 0 N–H and O–H groups in total. The third kappa shape index (κ3) is 4.99. The fourth-order valence-electron chi connectivity index (χ4n) is 3.56. The van der Waals surface area contributed by atoms with Gasteiger partial charge >= 0.3 is 0 Å². The van der Waals surface area contributed by atoms with Gasteiger partial charge in [-0.2, -0.15) is 9.97 Å². The predicted octanol–water partition coefficient (Wildman–Crippen LogP) is 4.41. The molecule has 1 aliphatic rings. The molecule has 164 valence electrons. The summed E-state index contributed by atoms with van der Waals surface area (Å²) in [7, 11) is 0. The van der Waals surface area contributed by atoms with E-state index in [1.165, 1.54) is 0 Å². The van der Waals surface area contributed by atoms with Crippen LogP contribution < -0.4 is 0 Å². The van der Waals surface area contributed by atoms with Gasteiger partial charge < -0.3 is 9.05 Å². The highest BCUT2D eigenvalue weighted by molar-refractivity contribution is 6.30. The zero-order chi connectivity index (χ0) is 21.9. The number of aromatic nitrogens is 4. The Morgan fingerprint density at radius 1 is 0.625 bits per heavy atom. The lowest BCUT2D eigenvalue weighted by Gasteiger charge is -2.32. The Bertz CT molecular complexity index is 1070. The molecule has 1 fully saturated rings. The molecule has 4 aromatic rings. The maximum Gasteiger partial charge on any atom is 0.241 e. The normalized spacial score (nSPS) is 15.3. The van der Waals surface area contributed by atoms with Crippen molar-refractivity contribution in [2.75, 3.05) is 26.2 Å². The van der Waals surface area contributed by atoms with Crippen LogP contribution in [-0.2, 0) is 13.1 Å². The van der Waals surface area contributed by atoms with Crippen molar-refractivity contribution >= 4 is 23.2 Å². The van der Waals surface area contributed by atoms with E-state index in [4.69, 9.17) is 32.2 Å². The van der Waals surface area contributed by atoms with Crippen LogP contribution in [0.25, 0.3) is 22.8 Å². The van der Waals surface area contributed by atoms with Crippen LogP contribution in [0.5, 0.6) is 0 Å². The van der Waals surface area contributed by atoms with Gasteiger partial charge in [0.25, 0.3) is 0 Å². The van der Waals surface area contributed by atoms with Crippen LogP contribution >= 0.6 is 23.2 Å². The van der Waals surface area contributed by atoms with Crippen molar-refractivity contribution in [3.05, 3.63) is 70.4 Å². The van der Waals surface area contributed by atoms with Crippen molar-refractivity contribution in [2.24, 2.45) is 0 Å². The van der Waals surface area contributed by atoms with Gasteiger partial charge in [0.1, 0.15) is 0 Å². The van der Waals surface area contributed by atoms with Crippen LogP contribution in [0.1, 0.15) is 11.8 Å². The molecular weight excluding hydrogens is 451 g/mol. The van der Waals surface area contributed by atoms with Crippen molar-refractivity contribution in [3.63, 3.8) is 0 Å². The lowest BCUT2D eigenvalue weighted by atomic mass is 10.2. The van der Waals surface area contributed by atoms with E-state index < -0.39 is 0 Å². The number of rotatable bonds is 6. The Labute approximate surface area is 194 Å². The van der Waals surface area contributed by atoms with Gasteiger partial charge in [-0.05, 0) is 48.5 Å². The smallest absolute Gasteiger partial charge is 0.241 e. The Morgan fingerprint density at radius 3 is 1.38 bits per heavy atom. The molecule has 0 atom stereocenters. The Hall–Kier alpha value is -2.78. The van der Waals surface area contributed by atoms with Crippen molar-refractivity contribution in [2.45, 2.75) is 13.1 Å². The van der Waals surface area contributed by atoms with Crippen molar-refractivity contribution in [1.82, 2.24) is 30.1 Å². The summed E-state index contributed by atoms with van der Waals surface area (Å²) in [6, 6.07) is 14.8. The number of halogens is 2. The summed E-state index contributed by atoms with van der Waals surface area (Å²) in [4.78, 5) is 13.6. The molecule has 10 heteroatoms. The van der Waals surface area contributed by atoms with E-state index in [2.05, 4.69) is 30.1 Å². The first-order valence-electron chi connectivity index (χ1n) is 10.2. The van der Waals surface area contributed by atoms with Gasteiger partial charge in [0.15, 0.2) is 0 Å². The van der Waals surface area contributed by atoms with Crippen LogP contribution in [0.2, 0.25) is 10.0 Å². The SMILES string of the molecule is Clc1ccc(-c2noc(CN3CCN(Cc4nc(-c5ccc(Cl)cc5)no4)CC3)n2)cc1. The van der Waals surface area contributed by atoms with E-state index >= 15 is 0 Å². The van der Waals surface area contributed by atoms with Crippen LogP contribution in [0.15, 0.2) is 57.6 Å². The number of nitrogens with zero attached hydrogens (tertiary/aromatic N) is 6. The highest BCUT2D eigenvalue weighted by Crippen LogP contribution is 2.21. The number of benzene rings is 2. The Balaban J connectivity index is 1.13. The second kappa shape index (κ2) is 9.38. The van der Waals surface area contributed by atoms with E-state index in [1.54, 1.807) is 0 Å². The van der Waals surface area contributed by atoms with Crippen LogP contribution in [-0.4, -0.2) is 56.3 Å². The number of hydrogen-bond donors (Lipinski definition) is 0. The molecule has 3 heterocycles. The minimum Gasteiger partial charge on any atom is -0.338 e. The van der Waals surface area contributed by atoms with Crippen LogP contribution in [0.3, 0.4) is 0 Å². The maximum atomic E-state index is 5.94. The van der Waals surface area contributed by atoms with Crippen molar-refractivity contribution in [3.8, 4) is 22.8 Å². The molecule has 0 unspecified atom stereocenters. The lowest BCUT2D eigenvalue weighted by Crippen LogP contribution is -2.45. The van der Waals surface area contributed by atoms with E-state index in [-0.39, 0.29) is 0 Å². The second-order valence-corrected chi connectivity index (χ2v) is 8.46. The first kappa shape index (κ1) is 21.1. The highest BCUT2D eigenvalue weighted by atomic mass is 35.5. The summed E-state index contributed by atoms with van der Waals surface area (Å²) >= 11 is 11.9. The van der Waals surface area contributed by atoms with Gasteiger partial charge in [0.2, 0.25) is 23.4 Å². The van der Waals surface area contributed by atoms with Gasteiger partial charge in [-0.25, -0.2) is 0 Å². The van der Waals surface area contributed by atoms with E-state index in [0.717, 1.165) is 37.3 Å². The van der Waals surface area contributed by atoms with Gasteiger partial charge in [0.05, 0.1) is 13.1 Å². The molecule has 0 radical (unpaired) electrons. The molecule has 8 nitrogen and oxygen atoms in total. The predicted molar refractivity (Wildman–Crippen MR) is 120 cm³/mol. The monoisotopic (exact) mass is 470 g/mol. The quantitative estimate of drug-likeness (QED) is 0.409. The average Bonchev–Trinajstić information content (AvgIpc) is 3.46. The first-order valence-corrected chi connectivity index (χ1v) is 11.0. The highest BCUT2D eigenvalue weighted by Gasteiger charge is 2.21. The topological polar surface area (TPSA) is 84.3 Å². The van der Waals surface area contributed by atoms with Crippen molar-refractivity contribution in [1.29, 1.82) is 0 Å². The Kier molecular flexibility index (Phi) is 6.18. The van der Waals surface area contributed by atoms with Crippen LogP contribution in [0.4, 0.5) is 0 Å². The van der Waals surface area contributed by atoms with E-state index in [0.29, 0.717) is 46.6 Å². The zero-order valence-electron chi connectivity index (χ0n) is 17.1. The van der Waals surface area contributed by atoms with Gasteiger partial charge in [0, 0.05) is 47.4 Å².